The van der Waals surface area contributed by atoms with Gasteiger partial charge >= 0.3 is 0 Å². The molecule has 0 aliphatic carbocycles. The fraction of sp³-hybridized carbons (Fsp3) is 0.120. The Balaban J connectivity index is 1.83. The summed E-state index contributed by atoms with van der Waals surface area (Å²) in [6, 6.07) is 16.8. The maximum Gasteiger partial charge on any atom is 0.266 e. The van der Waals surface area contributed by atoms with Gasteiger partial charge in [-0.05, 0) is 77.0 Å². The van der Waals surface area contributed by atoms with Crippen molar-refractivity contribution in [2.24, 2.45) is 0 Å². The molecule has 0 aliphatic rings. The zero-order chi connectivity index (χ0) is 24.0. The van der Waals surface area contributed by atoms with Crippen molar-refractivity contribution in [1.29, 1.82) is 5.26 Å². The van der Waals surface area contributed by atoms with E-state index in [1.807, 2.05) is 13.0 Å². The van der Waals surface area contributed by atoms with Gasteiger partial charge in [0.1, 0.15) is 24.1 Å². The van der Waals surface area contributed by atoms with Crippen LogP contribution in [-0.4, -0.2) is 13.0 Å². The van der Waals surface area contributed by atoms with Gasteiger partial charge in [0.25, 0.3) is 5.91 Å². The lowest BCUT2D eigenvalue weighted by Crippen LogP contribution is -2.13. The van der Waals surface area contributed by atoms with Crippen LogP contribution < -0.4 is 14.8 Å². The summed E-state index contributed by atoms with van der Waals surface area (Å²) in [5, 5.41) is 12.7. The van der Waals surface area contributed by atoms with Crippen molar-refractivity contribution in [3.8, 4) is 17.6 Å². The Morgan fingerprint density at radius 3 is 2.67 bits per heavy atom. The average Bonchev–Trinajstić information content (AvgIpc) is 2.79. The van der Waals surface area contributed by atoms with Crippen LogP contribution in [0.15, 0.2) is 60.2 Å². The number of nitriles is 1. The molecule has 0 aliphatic heterocycles. The summed E-state index contributed by atoms with van der Waals surface area (Å²) in [5.41, 5.74) is 2.26. The number of halogens is 3. The van der Waals surface area contributed by atoms with Crippen LogP contribution in [0.4, 0.5) is 10.1 Å². The summed E-state index contributed by atoms with van der Waals surface area (Å²) < 4.78 is 25.8. The average molecular weight is 577 g/mol. The smallest absolute Gasteiger partial charge is 0.266 e. The van der Waals surface area contributed by atoms with E-state index in [0.717, 1.165) is 5.56 Å². The van der Waals surface area contributed by atoms with Crippen LogP contribution in [0, 0.1) is 27.6 Å². The number of hydrogen-bond acceptors (Lipinski definition) is 4. The van der Waals surface area contributed by atoms with Crippen LogP contribution in [-0.2, 0) is 11.4 Å². The molecule has 0 spiro atoms. The predicted octanol–water partition coefficient (Wildman–Crippen LogP) is 6.53. The molecule has 0 radical (unpaired) electrons. The van der Waals surface area contributed by atoms with Crippen molar-refractivity contribution in [3.05, 3.63) is 91.3 Å². The number of benzene rings is 3. The Morgan fingerprint density at radius 1 is 1.24 bits per heavy atom. The van der Waals surface area contributed by atoms with Crippen molar-refractivity contribution >= 4 is 51.9 Å². The van der Waals surface area contributed by atoms with Gasteiger partial charge in [-0.1, -0.05) is 35.9 Å². The molecule has 33 heavy (non-hydrogen) atoms. The molecule has 5 nitrogen and oxygen atoms in total. The van der Waals surface area contributed by atoms with Crippen LogP contribution in [0.3, 0.4) is 0 Å². The van der Waals surface area contributed by atoms with E-state index in [0.29, 0.717) is 36.9 Å². The van der Waals surface area contributed by atoms with E-state index in [9.17, 15) is 14.4 Å². The van der Waals surface area contributed by atoms with Gasteiger partial charge in [0.15, 0.2) is 11.5 Å². The number of carbonyl (C=O) groups excluding carboxylic acids is 1. The summed E-state index contributed by atoms with van der Waals surface area (Å²) in [6.07, 6.45) is 1.45. The zero-order valence-corrected chi connectivity index (χ0v) is 20.7. The first-order valence-electron chi connectivity index (χ1n) is 9.75. The number of aryl methyl sites for hydroxylation is 1. The van der Waals surface area contributed by atoms with Crippen LogP contribution in [0.25, 0.3) is 6.08 Å². The fourth-order valence-corrected chi connectivity index (χ4v) is 3.87. The predicted molar refractivity (Wildman–Crippen MR) is 135 cm³/mol. The summed E-state index contributed by atoms with van der Waals surface area (Å²) in [5.74, 6) is -0.0832. The maximum absolute atomic E-state index is 13.9. The SMILES string of the molecule is COc1cc(/C=C(/C#N)C(=O)Nc2ccc(C)c(Cl)c2)cc(I)c1OCc1ccccc1F. The van der Waals surface area contributed by atoms with E-state index in [2.05, 4.69) is 27.9 Å². The van der Waals surface area contributed by atoms with Gasteiger partial charge in [-0.3, -0.25) is 4.79 Å². The molecule has 0 unspecified atom stereocenters. The van der Waals surface area contributed by atoms with Gasteiger partial charge in [-0.2, -0.15) is 5.26 Å². The van der Waals surface area contributed by atoms with Crippen molar-refractivity contribution in [3.63, 3.8) is 0 Å². The van der Waals surface area contributed by atoms with Crippen LogP contribution in [0.2, 0.25) is 5.02 Å². The Hall–Kier alpha value is -3.09. The first-order chi connectivity index (χ1) is 15.8. The molecule has 0 atom stereocenters. The highest BCUT2D eigenvalue weighted by atomic mass is 127. The highest BCUT2D eigenvalue weighted by molar-refractivity contribution is 14.1. The number of amides is 1. The van der Waals surface area contributed by atoms with Gasteiger partial charge in [0, 0.05) is 16.3 Å². The first-order valence-corrected chi connectivity index (χ1v) is 11.2. The molecule has 3 rings (SSSR count). The minimum atomic E-state index is -0.564. The van der Waals surface area contributed by atoms with Crippen molar-refractivity contribution in [2.75, 3.05) is 12.4 Å². The Labute approximate surface area is 209 Å². The summed E-state index contributed by atoms with van der Waals surface area (Å²) >= 11 is 8.16. The molecule has 0 aromatic heterocycles. The second-order valence-electron chi connectivity index (χ2n) is 7.00. The van der Waals surface area contributed by atoms with E-state index in [1.165, 1.54) is 19.3 Å². The largest absolute Gasteiger partial charge is 0.493 e. The van der Waals surface area contributed by atoms with Crippen molar-refractivity contribution in [1.82, 2.24) is 0 Å². The number of carbonyl (C=O) groups is 1. The Morgan fingerprint density at radius 2 is 2.00 bits per heavy atom. The number of rotatable bonds is 7. The molecule has 1 N–H and O–H groups in total. The van der Waals surface area contributed by atoms with E-state index in [4.69, 9.17) is 21.1 Å². The monoisotopic (exact) mass is 576 g/mol. The van der Waals surface area contributed by atoms with Gasteiger partial charge in [-0.25, -0.2) is 4.39 Å². The van der Waals surface area contributed by atoms with E-state index >= 15 is 0 Å². The third kappa shape index (κ3) is 6.24. The minimum Gasteiger partial charge on any atom is -0.493 e. The van der Waals surface area contributed by atoms with Gasteiger partial charge in [-0.15, -0.1) is 0 Å². The molecular weight excluding hydrogens is 558 g/mol. The number of hydrogen-bond donors (Lipinski definition) is 1. The topological polar surface area (TPSA) is 71.3 Å². The molecule has 0 fully saturated rings. The lowest BCUT2D eigenvalue weighted by Gasteiger charge is -2.14. The number of methoxy groups -OCH3 is 1. The quantitative estimate of drug-likeness (QED) is 0.197. The third-order valence-corrected chi connectivity index (χ3v) is 5.90. The molecule has 1 amide bonds. The molecule has 8 heteroatoms. The number of nitrogens with one attached hydrogen (secondary N) is 1. The van der Waals surface area contributed by atoms with Crippen LogP contribution >= 0.6 is 34.2 Å². The Kier molecular flexibility index (Phi) is 8.31. The standard InChI is InChI=1S/C25H19ClFIN2O3/c1-15-7-8-19(12-20(15)26)30-25(31)18(13-29)9-16-10-22(28)24(23(11-16)32-2)33-14-17-5-3-4-6-21(17)27/h3-12H,14H2,1-2H3,(H,30,31)/b18-9-. The Bertz CT molecular complexity index is 1270. The normalized spacial score (nSPS) is 11.0. The molecule has 0 saturated heterocycles. The second-order valence-corrected chi connectivity index (χ2v) is 8.57. The molecule has 0 heterocycles. The first kappa shape index (κ1) is 24.6. The molecule has 0 bridgehead atoms. The molecule has 0 saturated carbocycles. The number of anilines is 1. The van der Waals surface area contributed by atoms with E-state index in [-0.39, 0.29) is 18.0 Å². The molecular formula is C25H19ClFIN2O3. The van der Waals surface area contributed by atoms with Crippen molar-refractivity contribution < 1.29 is 18.7 Å². The van der Waals surface area contributed by atoms with E-state index in [1.54, 1.807) is 48.5 Å². The van der Waals surface area contributed by atoms with Crippen molar-refractivity contribution in [2.45, 2.75) is 13.5 Å². The third-order valence-electron chi connectivity index (χ3n) is 4.69. The summed E-state index contributed by atoms with van der Waals surface area (Å²) in [7, 11) is 1.48. The number of ether oxygens (including phenoxy) is 2. The highest BCUT2D eigenvalue weighted by Gasteiger charge is 2.15. The zero-order valence-electron chi connectivity index (χ0n) is 17.8. The molecule has 3 aromatic carbocycles. The minimum absolute atomic E-state index is 0.0270. The second kappa shape index (κ2) is 11.2. The lowest BCUT2D eigenvalue weighted by molar-refractivity contribution is -0.112. The lowest BCUT2D eigenvalue weighted by atomic mass is 10.1. The molecule has 3 aromatic rings. The van der Waals surface area contributed by atoms with E-state index < -0.39 is 5.91 Å². The van der Waals surface area contributed by atoms with Crippen LogP contribution in [0.1, 0.15) is 16.7 Å². The summed E-state index contributed by atoms with van der Waals surface area (Å²) in [4.78, 5) is 12.6. The molecule has 168 valence electrons. The highest BCUT2D eigenvalue weighted by Crippen LogP contribution is 2.35. The van der Waals surface area contributed by atoms with Gasteiger partial charge in [0.2, 0.25) is 0 Å². The maximum atomic E-state index is 13.9. The fourth-order valence-electron chi connectivity index (χ4n) is 2.91. The summed E-state index contributed by atoms with van der Waals surface area (Å²) in [6.45, 7) is 1.88. The van der Waals surface area contributed by atoms with Gasteiger partial charge in [0.05, 0.1) is 10.7 Å². The number of nitrogens with zero attached hydrogens (tertiary/aromatic N) is 1. The van der Waals surface area contributed by atoms with Gasteiger partial charge < -0.3 is 14.8 Å². The van der Waals surface area contributed by atoms with Crippen LogP contribution in [0.5, 0.6) is 11.5 Å².